The molecular formula is C13H18ClNO4S. The van der Waals surface area contributed by atoms with Crippen molar-refractivity contribution in [1.29, 1.82) is 0 Å². The highest BCUT2D eigenvalue weighted by molar-refractivity contribution is 7.89. The molecule has 1 aliphatic heterocycles. The van der Waals surface area contributed by atoms with E-state index < -0.39 is 10.0 Å². The van der Waals surface area contributed by atoms with Gasteiger partial charge in [-0.25, -0.2) is 8.42 Å². The fraction of sp³-hybridized carbons (Fsp3) is 0.538. The van der Waals surface area contributed by atoms with E-state index in [1.807, 2.05) is 6.92 Å². The summed E-state index contributed by atoms with van der Waals surface area (Å²) in [5, 5.41) is 9.61. The molecule has 5 nitrogen and oxygen atoms in total. The fourth-order valence-corrected chi connectivity index (χ4v) is 4.54. The molecule has 1 saturated heterocycles. The summed E-state index contributed by atoms with van der Waals surface area (Å²) in [5.74, 6) is 0. The van der Waals surface area contributed by atoms with E-state index in [4.69, 9.17) is 16.3 Å². The summed E-state index contributed by atoms with van der Waals surface area (Å²) >= 11 is 5.96. The van der Waals surface area contributed by atoms with E-state index in [0.717, 1.165) is 0 Å². The van der Waals surface area contributed by atoms with Gasteiger partial charge in [-0.1, -0.05) is 11.6 Å². The van der Waals surface area contributed by atoms with Crippen molar-refractivity contribution >= 4 is 21.6 Å². The highest BCUT2D eigenvalue weighted by Crippen LogP contribution is 2.28. The van der Waals surface area contributed by atoms with E-state index in [1.54, 1.807) is 13.0 Å². The third-order valence-electron chi connectivity index (χ3n) is 3.50. The fourth-order valence-electron chi connectivity index (χ4n) is 2.34. The van der Waals surface area contributed by atoms with Gasteiger partial charge in [0.2, 0.25) is 10.0 Å². The molecule has 0 bridgehead atoms. The van der Waals surface area contributed by atoms with Gasteiger partial charge in [0.15, 0.2) is 0 Å². The third kappa shape index (κ3) is 2.84. The maximum atomic E-state index is 12.8. The average molecular weight is 320 g/mol. The first kappa shape index (κ1) is 15.7. The zero-order valence-electron chi connectivity index (χ0n) is 11.5. The minimum atomic E-state index is -3.64. The maximum Gasteiger partial charge on any atom is 0.243 e. The Hall–Kier alpha value is -0.660. The van der Waals surface area contributed by atoms with Gasteiger partial charge >= 0.3 is 0 Å². The predicted molar refractivity (Wildman–Crippen MR) is 76.3 cm³/mol. The number of rotatable bonds is 3. The lowest BCUT2D eigenvalue weighted by Crippen LogP contribution is -2.47. The van der Waals surface area contributed by atoms with Crippen LogP contribution in [0.5, 0.6) is 0 Å². The van der Waals surface area contributed by atoms with Crippen LogP contribution in [0.3, 0.4) is 0 Å². The molecule has 1 heterocycles. The van der Waals surface area contributed by atoms with Gasteiger partial charge in [0.1, 0.15) is 0 Å². The molecule has 1 unspecified atom stereocenters. The van der Waals surface area contributed by atoms with Gasteiger partial charge in [0.25, 0.3) is 0 Å². The molecule has 0 saturated carbocycles. The molecule has 0 amide bonds. The van der Waals surface area contributed by atoms with Crippen molar-refractivity contribution in [3.63, 3.8) is 0 Å². The van der Waals surface area contributed by atoms with Crippen LogP contribution in [0.2, 0.25) is 5.02 Å². The molecule has 112 valence electrons. The lowest BCUT2D eigenvalue weighted by molar-refractivity contribution is 0.0392. The van der Waals surface area contributed by atoms with Crippen molar-refractivity contribution in [3.8, 4) is 0 Å². The summed E-state index contributed by atoms with van der Waals surface area (Å²) in [5.41, 5.74) is 1.06. The molecule has 0 aromatic heterocycles. The van der Waals surface area contributed by atoms with Gasteiger partial charge in [-0.15, -0.1) is 0 Å². The molecule has 1 atom stereocenters. The second-order valence-corrected chi connectivity index (χ2v) is 7.18. The smallest absolute Gasteiger partial charge is 0.243 e. The van der Waals surface area contributed by atoms with E-state index >= 15 is 0 Å². The van der Waals surface area contributed by atoms with Crippen LogP contribution >= 0.6 is 11.6 Å². The number of aliphatic hydroxyl groups is 1. The van der Waals surface area contributed by atoms with Gasteiger partial charge in [-0.2, -0.15) is 4.31 Å². The molecule has 7 heteroatoms. The Bertz CT molecular complexity index is 603. The van der Waals surface area contributed by atoms with Crippen molar-refractivity contribution in [1.82, 2.24) is 4.31 Å². The largest absolute Gasteiger partial charge is 0.392 e. The van der Waals surface area contributed by atoms with Gasteiger partial charge in [0, 0.05) is 17.6 Å². The third-order valence-corrected chi connectivity index (χ3v) is 5.85. The van der Waals surface area contributed by atoms with Crippen molar-refractivity contribution in [2.24, 2.45) is 0 Å². The second-order valence-electron chi connectivity index (χ2n) is 4.89. The monoisotopic (exact) mass is 319 g/mol. The standard InChI is InChI=1S/C13H18ClNO4S/c1-9-8-19-4-3-15(9)20(17,18)13-6-12(14)5-11(7-16)10(13)2/h5-6,9,16H,3-4,7-8H2,1-2H3. The predicted octanol–water partition coefficient (Wildman–Crippen LogP) is 1.55. The van der Waals surface area contributed by atoms with Crippen molar-refractivity contribution in [2.75, 3.05) is 19.8 Å². The lowest BCUT2D eigenvalue weighted by atomic mass is 10.1. The van der Waals surface area contributed by atoms with E-state index in [0.29, 0.717) is 35.9 Å². The zero-order chi connectivity index (χ0) is 14.9. The Labute approximate surface area is 124 Å². The van der Waals surface area contributed by atoms with Gasteiger partial charge in [-0.3, -0.25) is 0 Å². The molecule has 0 aliphatic carbocycles. The molecule has 1 aromatic rings. The van der Waals surface area contributed by atoms with Crippen LogP contribution in [0, 0.1) is 6.92 Å². The number of hydrogen-bond donors (Lipinski definition) is 1. The average Bonchev–Trinajstić information content (AvgIpc) is 2.41. The number of nitrogens with zero attached hydrogens (tertiary/aromatic N) is 1. The molecule has 2 rings (SSSR count). The van der Waals surface area contributed by atoms with Gasteiger partial charge in [-0.05, 0) is 37.1 Å². The number of ether oxygens (including phenoxy) is 1. The molecular weight excluding hydrogens is 302 g/mol. The van der Waals surface area contributed by atoms with Crippen LogP contribution in [0.4, 0.5) is 0 Å². The Morgan fingerprint density at radius 2 is 2.20 bits per heavy atom. The molecule has 1 aliphatic rings. The van der Waals surface area contributed by atoms with Crippen LogP contribution < -0.4 is 0 Å². The summed E-state index contributed by atoms with van der Waals surface area (Å²) in [4.78, 5) is 0.155. The topological polar surface area (TPSA) is 66.8 Å². The summed E-state index contributed by atoms with van der Waals surface area (Å²) in [7, 11) is -3.64. The van der Waals surface area contributed by atoms with E-state index in [-0.39, 0.29) is 17.5 Å². The Morgan fingerprint density at radius 3 is 2.80 bits per heavy atom. The Morgan fingerprint density at radius 1 is 1.50 bits per heavy atom. The maximum absolute atomic E-state index is 12.8. The normalized spacial score (nSPS) is 21.1. The molecule has 0 radical (unpaired) electrons. The van der Waals surface area contributed by atoms with Crippen molar-refractivity contribution < 1.29 is 18.3 Å². The van der Waals surface area contributed by atoms with Crippen molar-refractivity contribution in [3.05, 3.63) is 28.3 Å². The molecule has 20 heavy (non-hydrogen) atoms. The summed E-state index contributed by atoms with van der Waals surface area (Å²) in [6, 6.07) is 2.80. The summed E-state index contributed by atoms with van der Waals surface area (Å²) in [6.45, 7) is 4.34. The van der Waals surface area contributed by atoms with Crippen LogP contribution in [0.25, 0.3) is 0 Å². The summed E-state index contributed by atoms with van der Waals surface area (Å²) in [6.07, 6.45) is 0. The number of morpholine rings is 1. The summed E-state index contributed by atoms with van der Waals surface area (Å²) < 4.78 is 32.2. The SMILES string of the molecule is Cc1c(CO)cc(Cl)cc1S(=O)(=O)N1CCOCC1C. The van der Waals surface area contributed by atoms with Gasteiger partial charge in [0.05, 0.1) is 24.7 Å². The van der Waals surface area contributed by atoms with Crippen molar-refractivity contribution in [2.45, 2.75) is 31.4 Å². The number of hydrogen-bond acceptors (Lipinski definition) is 4. The number of sulfonamides is 1. The Balaban J connectivity index is 2.51. The van der Waals surface area contributed by atoms with E-state index in [9.17, 15) is 13.5 Å². The first-order valence-corrected chi connectivity index (χ1v) is 8.19. The minimum Gasteiger partial charge on any atom is -0.392 e. The highest BCUT2D eigenvalue weighted by Gasteiger charge is 2.33. The number of halogens is 1. The van der Waals surface area contributed by atoms with Crippen LogP contribution in [-0.4, -0.2) is 43.6 Å². The highest BCUT2D eigenvalue weighted by atomic mass is 35.5. The van der Waals surface area contributed by atoms with Gasteiger partial charge < -0.3 is 9.84 Å². The number of benzene rings is 1. The number of aliphatic hydroxyl groups excluding tert-OH is 1. The van der Waals surface area contributed by atoms with E-state index in [2.05, 4.69) is 0 Å². The van der Waals surface area contributed by atoms with Crippen LogP contribution in [-0.2, 0) is 21.4 Å². The lowest BCUT2D eigenvalue weighted by Gasteiger charge is -2.32. The second kappa shape index (κ2) is 5.99. The molecule has 1 aromatic carbocycles. The Kier molecular flexibility index (Phi) is 4.71. The molecule has 1 fully saturated rings. The first-order chi connectivity index (χ1) is 9.37. The van der Waals surface area contributed by atoms with E-state index in [1.165, 1.54) is 10.4 Å². The first-order valence-electron chi connectivity index (χ1n) is 6.37. The quantitative estimate of drug-likeness (QED) is 0.918. The van der Waals surface area contributed by atoms with Crippen LogP contribution in [0.1, 0.15) is 18.1 Å². The minimum absolute atomic E-state index is 0.155. The molecule has 0 spiro atoms. The zero-order valence-corrected chi connectivity index (χ0v) is 13.0. The molecule has 1 N–H and O–H groups in total. The van der Waals surface area contributed by atoms with Crippen LogP contribution in [0.15, 0.2) is 17.0 Å².